The largest absolute Gasteiger partial charge is 0.349 e. The van der Waals surface area contributed by atoms with Crippen LogP contribution in [-0.4, -0.2) is 10.4 Å². The molecule has 1 aromatic carbocycles. The summed E-state index contributed by atoms with van der Waals surface area (Å²) in [6, 6.07) is 7.34. The van der Waals surface area contributed by atoms with Crippen molar-refractivity contribution in [3.8, 4) is 0 Å². The smallest absolute Gasteiger partial charge is 0.167 e. The predicted octanol–water partition coefficient (Wildman–Crippen LogP) is 4.44. The molecule has 19 heavy (non-hydrogen) atoms. The van der Waals surface area contributed by atoms with Gasteiger partial charge in [-0.25, -0.2) is 0 Å². The van der Waals surface area contributed by atoms with E-state index in [1.165, 1.54) is 0 Å². The lowest BCUT2D eigenvalue weighted by molar-refractivity contribution is 0.0967. The molecular weight excluding hydrogens is 281 g/mol. The van der Waals surface area contributed by atoms with E-state index in [-0.39, 0.29) is 11.7 Å². The molecule has 0 radical (unpaired) electrons. The molecule has 1 saturated carbocycles. The van der Waals surface area contributed by atoms with Gasteiger partial charge in [0.15, 0.2) is 5.78 Å². The lowest BCUT2D eigenvalue weighted by Gasteiger charge is -2.07. The zero-order valence-electron chi connectivity index (χ0n) is 10.3. The predicted molar refractivity (Wildman–Crippen MR) is 77.1 cm³/mol. The second-order valence-electron chi connectivity index (χ2n) is 4.91. The van der Waals surface area contributed by atoms with Crippen molar-refractivity contribution in [1.29, 1.82) is 0 Å². The summed E-state index contributed by atoms with van der Waals surface area (Å²) < 4.78 is 1.95. The van der Waals surface area contributed by atoms with E-state index in [4.69, 9.17) is 23.2 Å². The van der Waals surface area contributed by atoms with Gasteiger partial charge in [0.05, 0.1) is 0 Å². The van der Waals surface area contributed by atoms with Crippen molar-refractivity contribution in [2.75, 3.05) is 0 Å². The molecule has 0 N–H and O–H groups in total. The summed E-state index contributed by atoms with van der Waals surface area (Å²) in [7, 11) is 0. The molecule has 1 aliphatic rings. The first kappa shape index (κ1) is 12.8. The second kappa shape index (κ2) is 5.03. The maximum atomic E-state index is 11.9. The number of carbonyl (C=O) groups is 1. The number of hydrogen-bond donors (Lipinski definition) is 0. The molecule has 2 nitrogen and oxygen atoms in total. The van der Waals surface area contributed by atoms with E-state index in [1.54, 1.807) is 0 Å². The van der Waals surface area contributed by atoms with Crippen LogP contribution in [0.25, 0.3) is 0 Å². The van der Waals surface area contributed by atoms with Crippen LogP contribution in [0.5, 0.6) is 0 Å². The van der Waals surface area contributed by atoms with Gasteiger partial charge in [-0.2, -0.15) is 0 Å². The first-order valence-corrected chi connectivity index (χ1v) is 7.03. The van der Waals surface area contributed by atoms with Crippen LogP contribution >= 0.6 is 23.2 Å². The SMILES string of the molecule is O=C(c1ccn(Cc2c(Cl)cccc2Cl)c1)C1CC1. The van der Waals surface area contributed by atoms with Crippen LogP contribution in [0.3, 0.4) is 0 Å². The lowest BCUT2D eigenvalue weighted by atomic mass is 10.1. The minimum Gasteiger partial charge on any atom is -0.349 e. The molecule has 0 amide bonds. The highest BCUT2D eigenvalue weighted by atomic mass is 35.5. The molecular formula is C15H13Cl2NO. The van der Waals surface area contributed by atoms with Crippen LogP contribution in [0, 0.1) is 5.92 Å². The van der Waals surface area contributed by atoms with Gasteiger partial charge in [-0.1, -0.05) is 29.3 Å². The van der Waals surface area contributed by atoms with Gasteiger partial charge in [-0.3, -0.25) is 4.79 Å². The van der Waals surface area contributed by atoms with Crippen molar-refractivity contribution < 1.29 is 4.79 Å². The molecule has 1 aromatic heterocycles. The first-order valence-electron chi connectivity index (χ1n) is 6.28. The van der Waals surface area contributed by atoms with Crippen molar-refractivity contribution in [3.63, 3.8) is 0 Å². The third-order valence-electron chi connectivity index (χ3n) is 3.39. The Hall–Kier alpha value is -1.25. The molecule has 0 atom stereocenters. The fourth-order valence-electron chi connectivity index (χ4n) is 2.13. The summed E-state index contributed by atoms with van der Waals surface area (Å²) in [5.41, 5.74) is 1.66. The van der Waals surface area contributed by atoms with Crippen molar-refractivity contribution in [2.24, 2.45) is 5.92 Å². The summed E-state index contributed by atoms with van der Waals surface area (Å²) in [4.78, 5) is 11.9. The minimum atomic E-state index is 0.250. The van der Waals surface area contributed by atoms with Crippen molar-refractivity contribution >= 4 is 29.0 Å². The average Bonchev–Trinajstić information content (AvgIpc) is 3.13. The molecule has 3 rings (SSSR count). The normalized spacial score (nSPS) is 14.6. The highest BCUT2D eigenvalue weighted by Gasteiger charge is 2.30. The first-order chi connectivity index (χ1) is 9.15. The number of benzene rings is 1. The third-order valence-corrected chi connectivity index (χ3v) is 4.09. The Morgan fingerprint density at radius 1 is 1.21 bits per heavy atom. The minimum absolute atomic E-state index is 0.250. The molecule has 0 unspecified atom stereocenters. The monoisotopic (exact) mass is 293 g/mol. The van der Waals surface area contributed by atoms with Gasteiger partial charge in [-0.15, -0.1) is 0 Å². The van der Waals surface area contributed by atoms with Gasteiger partial charge in [0.1, 0.15) is 0 Å². The molecule has 1 aliphatic carbocycles. The molecule has 1 heterocycles. The van der Waals surface area contributed by atoms with E-state index < -0.39 is 0 Å². The number of ketones is 1. The zero-order valence-corrected chi connectivity index (χ0v) is 11.8. The number of halogens is 2. The van der Waals surface area contributed by atoms with Gasteiger partial charge >= 0.3 is 0 Å². The number of rotatable bonds is 4. The molecule has 2 aromatic rings. The molecule has 1 fully saturated rings. The highest BCUT2D eigenvalue weighted by molar-refractivity contribution is 6.35. The molecule has 4 heteroatoms. The molecule has 0 aliphatic heterocycles. The fraction of sp³-hybridized carbons (Fsp3) is 0.267. The number of hydrogen-bond acceptors (Lipinski definition) is 1. The molecule has 0 bridgehead atoms. The molecule has 0 saturated heterocycles. The Kier molecular flexibility index (Phi) is 3.38. The third kappa shape index (κ3) is 2.70. The highest BCUT2D eigenvalue weighted by Crippen LogP contribution is 2.33. The van der Waals surface area contributed by atoms with Crippen LogP contribution < -0.4 is 0 Å². The number of Topliss-reactive ketones (excluding diaryl/α,β-unsaturated/α-hetero) is 1. The maximum absolute atomic E-state index is 11.9. The van der Waals surface area contributed by atoms with Crippen LogP contribution in [0.2, 0.25) is 10.0 Å². The van der Waals surface area contributed by atoms with E-state index in [9.17, 15) is 4.79 Å². The van der Waals surface area contributed by atoms with Crippen molar-refractivity contribution in [3.05, 3.63) is 57.8 Å². The second-order valence-corrected chi connectivity index (χ2v) is 5.73. The van der Waals surface area contributed by atoms with Gasteiger partial charge < -0.3 is 4.57 Å². The summed E-state index contributed by atoms with van der Waals surface area (Å²) >= 11 is 12.3. The quantitative estimate of drug-likeness (QED) is 0.764. The van der Waals surface area contributed by atoms with Crippen LogP contribution in [0.4, 0.5) is 0 Å². The Bertz CT molecular complexity index is 609. The number of carbonyl (C=O) groups excluding carboxylic acids is 1. The Labute approximate surface area is 121 Å². The van der Waals surface area contributed by atoms with Crippen LogP contribution in [-0.2, 0) is 6.54 Å². The van der Waals surface area contributed by atoms with E-state index in [2.05, 4.69) is 0 Å². The van der Waals surface area contributed by atoms with Gasteiger partial charge in [0.2, 0.25) is 0 Å². The molecule has 98 valence electrons. The lowest BCUT2D eigenvalue weighted by Crippen LogP contribution is -2.01. The topological polar surface area (TPSA) is 22.0 Å². The van der Waals surface area contributed by atoms with Crippen molar-refractivity contribution in [2.45, 2.75) is 19.4 Å². The summed E-state index contributed by atoms with van der Waals surface area (Å²) in [6.45, 7) is 0.580. The summed E-state index contributed by atoms with van der Waals surface area (Å²) in [5.74, 6) is 0.503. The fourth-order valence-corrected chi connectivity index (χ4v) is 2.65. The Balaban J connectivity index is 1.82. The van der Waals surface area contributed by atoms with E-state index in [0.717, 1.165) is 24.0 Å². The number of aromatic nitrogens is 1. The standard InChI is InChI=1S/C15H13Cl2NO/c16-13-2-1-3-14(17)12(13)9-18-7-6-11(8-18)15(19)10-4-5-10/h1-3,6-8,10H,4-5,9H2. The number of nitrogens with zero attached hydrogens (tertiary/aromatic N) is 1. The van der Waals surface area contributed by atoms with Gasteiger partial charge in [0.25, 0.3) is 0 Å². The Morgan fingerprint density at radius 3 is 2.53 bits per heavy atom. The van der Waals surface area contributed by atoms with E-state index in [0.29, 0.717) is 16.6 Å². The van der Waals surface area contributed by atoms with Crippen molar-refractivity contribution in [1.82, 2.24) is 4.57 Å². The van der Waals surface area contributed by atoms with Crippen LogP contribution in [0.15, 0.2) is 36.7 Å². The maximum Gasteiger partial charge on any atom is 0.167 e. The summed E-state index contributed by atoms with van der Waals surface area (Å²) in [5, 5.41) is 1.30. The summed E-state index contributed by atoms with van der Waals surface area (Å²) in [6.07, 6.45) is 5.83. The zero-order chi connectivity index (χ0) is 13.4. The van der Waals surface area contributed by atoms with Gasteiger partial charge in [-0.05, 0) is 31.0 Å². The average molecular weight is 294 g/mol. The van der Waals surface area contributed by atoms with Crippen LogP contribution in [0.1, 0.15) is 28.8 Å². The molecule has 0 spiro atoms. The van der Waals surface area contributed by atoms with E-state index >= 15 is 0 Å². The Morgan fingerprint density at radius 2 is 1.89 bits per heavy atom. The van der Waals surface area contributed by atoms with Gasteiger partial charge in [0, 0.05) is 46.0 Å². The van der Waals surface area contributed by atoms with E-state index in [1.807, 2.05) is 41.2 Å².